The van der Waals surface area contributed by atoms with Gasteiger partial charge >= 0.3 is 0 Å². The van der Waals surface area contributed by atoms with E-state index in [9.17, 15) is 18.0 Å². The number of ether oxygens (including phenoxy) is 1. The lowest BCUT2D eigenvalue weighted by Gasteiger charge is -2.34. The van der Waals surface area contributed by atoms with E-state index in [2.05, 4.69) is 5.32 Å². The molecule has 0 bridgehead atoms. The number of hydrogen-bond acceptors (Lipinski definition) is 5. The molecule has 1 atom stereocenters. The molecule has 1 N–H and O–H groups in total. The van der Waals surface area contributed by atoms with Gasteiger partial charge in [0.05, 0.1) is 19.1 Å². The average molecular weight is 634 g/mol. The topological polar surface area (TPSA) is 96.0 Å². The van der Waals surface area contributed by atoms with Crippen molar-refractivity contribution in [2.24, 2.45) is 0 Å². The van der Waals surface area contributed by atoms with E-state index >= 15 is 0 Å². The maximum Gasteiger partial charge on any atom is 0.243 e. The first-order valence-corrected chi connectivity index (χ1v) is 17.7. The van der Waals surface area contributed by atoms with Crippen molar-refractivity contribution in [1.82, 2.24) is 10.2 Å². The molecular formula is C36H47N3O5S. The fourth-order valence-electron chi connectivity index (χ4n) is 6.16. The Bertz CT molecular complexity index is 1520. The van der Waals surface area contributed by atoms with Gasteiger partial charge < -0.3 is 15.0 Å². The quantitative estimate of drug-likeness (QED) is 0.237. The number of benzene rings is 3. The second-order valence-electron chi connectivity index (χ2n) is 12.2. The highest BCUT2D eigenvalue weighted by Gasteiger charge is 2.32. The van der Waals surface area contributed by atoms with Gasteiger partial charge in [-0.1, -0.05) is 67.8 Å². The Labute approximate surface area is 268 Å². The van der Waals surface area contributed by atoms with Gasteiger partial charge in [-0.3, -0.25) is 13.9 Å². The predicted molar refractivity (Wildman–Crippen MR) is 180 cm³/mol. The molecule has 1 aliphatic rings. The number of hydrogen-bond donors (Lipinski definition) is 1. The minimum absolute atomic E-state index is 0.0861. The zero-order valence-corrected chi connectivity index (χ0v) is 27.8. The number of methoxy groups -OCH3 is 1. The van der Waals surface area contributed by atoms with Gasteiger partial charge in [-0.05, 0) is 79.6 Å². The fraction of sp³-hybridized carbons (Fsp3) is 0.444. The Morgan fingerprint density at radius 1 is 0.911 bits per heavy atom. The zero-order valence-electron chi connectivity index (χ0n) is 27.0. The van der Waals surface area contributed by atoms with Gasteiger partial charge in [-0.15, -0.1) is 0 Å². The van der Waals surface area contributed by atoms with Gasteiger partial charge in [-0.25, -0.2) is 8.42 Å². The van der Waals surface area contributed by atoms with Crippen molar-refractivity contribution in [2.45, 2.75) is 83.8 Å². The summed E-state index contributed by atoms with van der Waals surface area (Å²) in [4.78, 5) is 29.8. The van der Waals surface area contributed by atoms with Crippen molar-refractivity contribution in [3.05, 3.63) is 95.1 Å². The molecule has 0 unspecified atom stereocenters. The van der Waals surface area contributed by atoms with Crippen molar-refractivity contribution in [1.29, 1.82) is 0 Å². The number of nitrogens with one attached hydrogen (secondary N) is 1. The number of carbonyl (C=O) groups excluding carboxylic acids is 2. The molecule has 0 heterocycles. The predicted octanol–water partition coefficient (Wildman–Crippen LogP) is 5.95. The molecule has 45 heavy (non-hydrogen) atoms. The third kappa shape index (κ3) is 10.1. The minimum atomic E-state index is -3.58. The molecule has 1 saturated carbocycles. The highest BCUT2D eigenvalue weighted by Crippen LogP contribution is 2.24. The van der Waals surface area contributed by atoms with E-state index in [1.807, 2.05) is 86.6 Å². The van der Waals surface area contributed by atoms with E-state index in [1.165, 1.54) is 17.0 Å². The molecule has 9 heteroatoms. The van der Waals surface area contributed by atoms with Gasteiger partial charge in [0.15, 0.2) is 0 Å². The molecule has 8 nitrogen and oxygen atoms in total. The van der Waals surface area contributed by atoms with Gasteiger partial charge in [0.2, 0.25) is 21.8 Å². The molecule has 3 aromatic carbocycles. The van der Waals surface area contributed by atoms with Crippen LogP contribution in [0.3, 0.4) is 0 Å². The first-order chi connectivity index (χ1) is 21.5. The SMILES string of the molecule is COc1cccc(CN(C(=O)CCCN(c2cc(C)cc(C)c2)S(C)(=O)=O)[C@H](Cc2ccccc2)C(=O)NC2CCCCC2)c1. The Morgan fingerprint density at radius 3 is 2.22 bits per heavy atom. The summed E-state index contributed by atoms with van der Waals surface area (Å²) < 4.78 is 32.4. The summed E-state index contributed by atoms with van der Waals surface area (Å²) in [6, 6.07) is 22.3. The number of nitrogens with zero attached hydrogens (tertiary/aromatic N) is 2. The number of carbonyl (C=O) groups is 2. The van der Waals surface area contributed by atoms with Crippen LogP contribution in [0.5, 0.6) is 5.75 Å². The summed E-state index contributed by atoms with van der Waals surface area (Å²) in [5, 5.41) is 3.26. The minimum Gasteiger partial charge on any atom is -0.497 e. The first kappa shape index (κ1) is 34.0. The van der Waals surface area contributed by atoms with Crippen LogP contribution in [-0.4, -0.2) is 57.1 Å². The molecule has 0 aromatic heterocycles. The van der Waals surface area contributed by atoms with Gasteiger partial charge in [0.1, 0.15) is 11.8 Å². The summed E-state index contributed by atoms with van der Waals surface area (Å²) >= 11 is 0. The summed E-state index contributed by atoms with van der Waals surface area (Å²) in [7, 11) is -1.98. The van der Waals surface area contributed by atoms with Crippen molar-refractivity contribution < 1.29 is 22.7 Å². The molecule has 1 aliphatic carbocycles. The van der Waals surface area contributed by atoms with Gasteiger partial charge in [0.25, 0.3) is 0 Å². The van der Waals surface area contributed by atoms with Crippen molar-refractivity contribution in [2.75, 3.05) is 24.2 Å². The zero-order chi connectivity index (χ0) is 32.4. The Morgan fingerprint density at radius 2 is 1.58 bits per heavy atom. The monoisotopic (exact) mass is 633 g/mol. The summed E-state index contributed by atoms with van der Waals surface area (Å²) in [6.07, 6.45) is 7.16. The molecule has 3 aromatic rings. The summed E-state index contributed by atoms with van der Waals surface area (Å²) in [6.45, 7) is 4.24. The highest BCUT2D eigenvalue weighted by molar-refractivity contribution is 7.92. The second kappa shape index (κ2) is 15.9. The molecule has 2 amide bonds. The van der Waals surface area contributed by atoms with E-state index < -0.39 is 16.1 Å². The van der Waals surface area contributed by atoms with Crippen LogP contribution in [0.1, 0.15) is 67.2 Å². The fourth-order valence-corrected chi connectivity index (χ4v) is 7.11. The average Bonchev–Trinajstić information content (AvgIpc) is 3.01. The second-order valence-corrected chi connectivity index (χ2v) is 14.1. The number of anilines is 1. The molecule has 0 radical (unpaired) electrons. The highest BCUT2D eigenvalue weighted by atomic mass is 32.2. The molecule has 0 aliphatic heterocycles. The summed E-state index contributed by atoms with van der Waals surface area (Å²) in [5.41, 5.74) is 4.32. The third-order valence-electron chi connectivity index (χ3n) is 8.36. The van der Waals surface area contributed by atoms with E-state index in [1.54, 1.807) is 12.0 Å². The lowest BCUT2D eigenvalue weighted by atomic mass is 9.94. The molecule has 1 fully saturated rings. The Kier molecular flexibility index (Phi) is 12.0. The van der Waals surface area contributed by atoms with Crippen LogP contribution in [0.4, 0.5) is 5.69 Å². The lowest BCUT2D eigenvalue weighted by Crippen LogP contribution is -2.52. The number of aryl methyl sites for hydroxylation is 2. The van der Waals surface area contributed by atoms with E-state index in [0.717, 1.165) is 47.9 Å². The molecule has 0 saturated heterocycles. The third-order valence-corrected chi connectivity index (χ3v) is 9.55. The van der Waals surface area contributed by atoms with Gasteiger partial charge in [0, 0.05) is 32.0 Å². The van der Waals surface area contributed by atoms with Crippen LogP contribution in [0.15, 0.2) is 72.8 Å². The van der Waals surface area contributed by atoms with Gasteiger partial charge in [-0.2, -0.15) is 0 Å². The Balaban J connectivity index is 1.61. The number of rotatable bonds is 14. The van der Waals surface area contributed by atoms with Crippen molar-refractivity contribution >= 4 is 27.5 Å². The smallest absolute Gasteiger partial charge is 0.243 e. The molecular weight excluding hydrogens is 586 g/mol. The van der Waals surface area contributed by atoms with E-state index in [0.29, 0.717) is 24.3 Å². The molecule has 242 valence electrons. The van der Waals surface area contributed by atoms with Crippen LogP contribution in [0, 0.1) is 13.8 Å². The Hall–Kier alpha value is -3.85. The van der Waals surface area contributed by atoms with Crippen LogP contribution in [-0.2, 0) is 32.6 Å². The standard InChI is InChI=1S/C36H47N3O5S/c1-27-21-28(2)23-32(22-27)39(45(4,42)43)20-12-19-35(40)38(26-30-15-11-18-33(24-30)44-3)34(25-29-13-7-5-8-14-29)36(41)37-31-16-9-6-10-17-31/h5,7-8,11,13-15,18,21-24,31,34H,6,9-10,12,16-17,19-20,25-26H2,1-4H3,(H,37,41)/t34-/m1/s1. The maximum atomic E-state index is 14.2. The van der Waals surface area contributed by atoms with Crippen LogP contribution < -0.4 is 14.4 Å². The first-order valence-electron chi connectivity index (χ1n) is 15.9. The molecule has 4 rings (SSSR count). The largest absolute Gasteiger partial charge is 0.497 e. The number of sulfonamides is 1. The van der Waals surface area contributed by atoms with Crippen LogP contribution >= 0.6 is 0 Å². The van der Waals surface area contributed by atoms with E-state index in [4.69, 9.17) is 4.74 Å². The number of amides is 2. The normalized spacial score (nSPS) is 14.4. The van der Waals surface area contributed by atoms with Crippen molar-refractivity contribution in [3.8, 4) is 5.75 Å². The lowest BCUT2D eigenvalue weighted by molar-refractivity contribution is -0.141. The maximum absolute atomic E-state index is 14.2. The summed E-state index contributed by atoms with van der Waals surface area (Å²) in [5.74, 6) is 0.310. The van der Waals surface area contributed by atoms with Crippen molar-refractivity contribution in [3.63, 3.8) is 0 Å². The molecule has 0 spiro atoms. The van der Waals surface area contributed by atoms with E-state index in [-0.39, 0.29) is 37.4 Å². The van der Waals surface area contributed by atoms with Crippen LogP contribution in [0.25, 0.3) is 0 Å². The van der Waals surface area contributed by atoms with Crippen LogP contribution in [0.2, 0.25) is 0 Å².